The van der Waals surface area contributed by atoms with Crippen LogP contribution < -0.4 is 4.74 Å². The molecule has 3 aromatic rings. The van der Waals surface area contributed by atoms with Gasteiger partial charge in [-0.2, -0.15) is 0 Å². The van der Waals surface area contributed by atoms with Crippen molar-refractivity contribution in [3.63, 3.8) is 0 Å². The Balaban J connectivity index is 1.39. The summed E-state index contributed by atoms with van der Waals surface area (Å²) in [5.41, 5.74) is 3.18. The predicted molar refractivity (Wildman–Crippen MR) is 117 cm³/mol. The van der Waals surface area contributed by atoms with Crippen LogP contribution in [-0.4, -0.2) is 17.2 Å². The highest BCUT2D eigenvalue weighted by atomic mass is 19.1. The summed E-state index contributed by atoms with van der Waals surface area (Å²) in [6.45, 7) is 1.92. The van der Waals surface area contributed by atoms with Crippen molar-refractivity contribution in [3.8, 4) is 16.9 Å². The molecule has 5 heteroatoms. The van der Waals surface area contributed by atoms with Gasteiger partial charge in [-0.05, 0) is 66.6 Å². The first-order valence-corrected chi connectivity index (χ1v) is 10.8. The molecule has 162 valence electrons. The van der Waals surface area contributed by atoms with Crippen LogP contribution in [0.3, 0.4) is 0 Å². The van der Waals surface area contributed by atoms with Crippen LogP contribution in [0.25, 0.3) is 11.1 Å². The van der Waals surface area contributed by atoms with E-state index in [9.17, 15) is 18.4 Å². The van der Waals surface area contributed by atoms with Crippen molar-refractivity contribution in [2.45, 2.75) is 44.6 Å². The Hall–Kier alpha value is -3.34. The third-order valence-corrected chi connectivity index (χ3v) is 6.65. The second kappa shape index (κ2) is 7.66. The summed E-state index contributed by atoms with van der Waals surface area (Å²) < 4.78 is 34.0. The SMILES string of the molecule is Cc1c(-c2ccc(CC(=O)c3c(F)cccc3F)cc2)ccc2c1C(=O)CC1(CCC1)O2. The van der Waals surface area contributed by atoms with Crippen molar-refractivity contribution >= 4 is 11.6 Å². The molecule has 1 aliphatic heterocycles. The zero-order valence-corrected chi connectivity index (χ0v) is 17.7. The number of hydrogen-bond donors (Lipinski definition) is 0. The molecule has 3 nitrogen and oxygen atoms in total. The fourth-order valence-corrected chi connectivity index (χ4v) is 4.77. The number of ketones is 2. The monoisotopic (exact) mass is 432 g/mol. The molecule has 0 aromatic heterocycles. The van der Waals surface area contributed by atoms with Gasteiger partial charge in [0.1, 0.15) is 23.0 Å². The fourth-order valence-electron chi connectivity index (χ4n) is 4.77. The Morgan fingerprint density at radius 2 is 1.69 bits per heavy atom. The number of fused-ring (bicyclic) bond motifs is 1. The zero-order chi connectivity index (χ0) is 22.5. The molecule has 1 heterocycles. The second-order valence-electron chi connectivity index (χ2n) is 8.74. The van der Waals surface area contributed by atoms with Gasteiger partial charge in [0.2, 0.25) is 0 Å². The van der Waals surface area contributed by atoms with Crippen LogP contribution >= 0.6 is 0 Å². The Kier molecular flexibility index (Phi) is 4.92. The summed E-state index contributed by atoms with van der Waals surface area (Å²) in [6.07, 6.45) is 3.28. The molecule has 32 heavy (non-hydrogen) atoms. The quantitative estimate of drug-likeness (QED) is 0.458. The summed E-state index contributed by atoms with van der Waals surface area (Å²) in [7, 11) is 0. The van der Waals surface area contributed by atoms with E-state index in [4.69, 9.17) is 4.74 Å². The average molecular weight is 432 g/mol. The first kappa shape index (κ1) is 20.6. The van der Waals surface area contributed by atoms with Gasteiger partial charge in [0.05, 0.1) is 17.5 Å². The summed E-state index contributed by atoms with van der Waals surface area (Å²) in [6, 6.07) is 14.5. The molecule has 0 N–H and O–H groups in total. The number of benzene rings is 3. The van der Waals surface area contributed by atoms with E-state index in [-0.39, 0.29) is 17.8 Å². The lowest BCUT2D eigenvalue weighted by molar-refractivity contribution is -0.0178. The molecule has 2 aliphatic rings. The number of rotatable bonds is 4. The van der Waals surface area contributed by atoms with Gasteiger partial charge in [0.15, 0.2) is 11.6 Å². The van der Waals surface area contributed by atoms with Gasteiger partial charge >= 0.3 is 0 Å². The molecule has 0 atom stereocenters. The maximum Gasteiger partial charge on any atom is 0.173 e. The van der Waals surface area contributed by atoms with Gasteiger partial charge in [-0.1, -0.05) is 36.4 Å². The van der Waals surface area contributed by atoms with Gasteiger partial charge in [0.25, 0.3) is 0 Å². The van der Waals surface area contributed by atoms with Crippen LogP contribution in [0.4, 0.5) is 8.78 Å². The number of halogens is 2. The fraction of sp³-hybridized carbons (Fsp3) is 0.259. The molecule has 1 fully saturated rings. The van der Waals surface area contributed by atoms with Crippen molar-refractivity contribution < 1.29 is 23.1 Å². The molecule has 0 radical (unpaired) electrons. The van der Waals surface area contributed by atoms with E-state index in [0.29, 0.717) is 23.3 Å². The van der Waals surface area contributed by atoms with E-state index in [1.54, 1.807) is 12.1 Å². The largest absolute Gasteiger partial charge is 0.486 e. The molecule has 1 spiro atoms. The van der Waals surface area contributed by atoms with E-state index in [0.717, 1.165) is 48.1 Å². The Morgan fingerprint density at radius 1 is 1.00 bits per heavy atom. The molecule has 3 aromatic carbocycles. The smallest absolute Gasteiger partial charge is 0.173 e. The molecular formula is C27H22F2O3. The molecule has 0 unspecified atom stereocenters. The summed E-state index contributed by atoms with van der Waals surface area (Å²) in [5.74, 6) is -1.53. The minimum absolute atomic E-state index is 0.101. The van der Waals surface area contributed by atoms with Gasteiger partial charge in [-0.3, -0.25) is 9.59 Å². The maximum absolute atomic E-state index is 13.9. The van der Waals surface area contributed by atoms with E-state index in [2.05, 4.69) is 0 Å². The van der Waals surface area contributed by atoms with E-state index >= 15 is 0 Å². The predicted octanol–water partition coefficient (Wildman–Crippen LogP) is 6.25. The summed E-state index contributed by atoms with van der Waals surface area (Å²) in [4.78, 5) is 25.3. The standard InChI is InChI=1S/C27H22F2O3/c1-16-19(10-11-24-25(16)23(31)15-27(32-24)12-3-13-27)18-8-6-17(7-9-18)14-22(30)26-20(28)4-2-5-21(26)29/h2,4-11H,3,12-15H2,1H3. The van der Waals surface area contributed by atoms with Crippen LogP contribution in [0.1, 0.15) is 57.5 Å². The molecule has 0 amide bonds. The third-order valence-electron chi connectivity index (χ3n) is 6.65. The molecule has 0 bridgehead atoms. The summed E-state index contributed by atoms with van der Waals surface area (Å²) >= 11 is 0. The van der Waals surface area contributed by atoms with Crippen molar-refractivity contribution in [2.24, 2.45) is 0 Å². The maximum atomic E-state index is 13.9. The minimum Gasteiger partial charge on any atom is -0.486 e. The van der Waals surface area contributed by atoms with Crippen LogP contribution in [0.5, 0.6) is 5.75 Å². The van der Waals surface area contributed by atoms with Gasteiger partial charge in [0, 0.05) is 6.42 Å². The first-order valence-electron chi connectivity index (χ1n) is 10.8. The second-order valence-corrected chi connectivity index (χ2v) is 8.74. The van der Waals surface area contributed by atoms with Gasteiger partial charge < -0.3 is 4.74 Å². The number of Topliss-reactive ketones (excluding diaryl/α,β-unsaturated/α-hetero) is 2. The first-order chi connectivity index (χ1) is 15.4. The molecule has 5 rings (SSSR count). The zero-order valence-electron chi connectivity index (χ0n) is 17.7. The van der Waals surface area contributed by atoms with Gasteiger partial charge in [-0.15, -0.1) is 0 Å². The molecule has 1 aliphatic carbocycles. The minimum atomic E-state index is -0.855. The number of carbonyl (C=O) groups excluding carboxylic acids is 2. The number of ether oxygens (including phenoxy) is 1. The third kappa shape index (κ3) is 3.42. The number of carbonyl (C=O) groups is 2. The van der Waals surface area contributed by atoms with Crippen molar-refractivity contribution in [1.29, 1.82) is 0 Å². The highest BCUT2D eigenvalue weighted by Gasteiger charge is 2.45. The van der Waals surface area contributed by atoms with Crippen LogP contribution in [0.15, 0.2) is 54.6 Å². The number of hydrogen-bond acceptors (Lipinski definition) is 3. The molecule has 1 saturated carbocycles. The highest BCUT2D eigenvalue weighted by Crippen LogP contribution is 2.46. The lowest BCUT2D eigenvalue weighted by Crippen LogP contribution is -2.47. The van der Waals surface area contributed by atoms with Crippen LogP contribution in [0, 0.1) is 18.6 Å². The Labute approximate surface area is 185 Å². The van der Waals surface area contributed by atoms with E-state index < -0.39 is 23.0 Å². The average Bonchev–Trinajstić information content (AvgIpc) is 2.73. The lowest BCUT2D eigenvalue weighted by Gasteiger charge is -2.44. The highest BCUT2D eigenvalue weighted by molar-refractivity contribution is 6.03. The summed E-state index contributed by atoms with van der Waals surface area (Å²) in [5, 5.41) is 0. The molecule has 0 saturated heterocycles. The Bertz CT molecular complexity index is 1220. The normalized spacial score (nSPS) is 16.3. The lowest BCUT2D eigenvalue weighted by atomic mass is 9.73. The molecular weight excluding hydrogens is 410 g/mol. The Morgan fingerprint density at radius 3 is 2.31 bits per heavy atom. The van der Waals surface area contributed by atoms with Crippen molar-refractivity contribution in [3.05, 3.63) is 88.5 Å². The van der Waals surface area contributed by atoms with Crippen molar-refractivity contribution in [1.82, 2.24) is 0 Å². The van der Waals surface area contributed by atoms with E-state index in [1.165, 1.54) is 6.07 Å². The van der Waals surface area contributed by atoms with Crippen LogP contribution in [0.2, 0.25) is 0 Å². The van der Waals surface area contributed by atoms with Crippen LogP contribution in [-0.2, 0) is 6.42 Å². The van der Waals surface area contributed by atoms with Crippen molar-refractivity contribution in [2.75, 3.05) is 0 Å². The van der Waals surface area contributed by atoms with E-state index in [1.807, 2.05) is 31.2 Å². The van der Waals surface area contributed by atoms with Gasteiger partial charge in [-0.25, -0.2) is 8.78 Å². The topological polar surface area (TPSA) is 43.4 Å².